The Morgan fingerprint density at radius 2 is 2.24 bits per heavy atom. The van der Waals surface area contributed by atoms with Crippen molar-refractivity contribution in [2.75, 3.05) is 6.54 Å². The van der Waals surface area contributed by atoms with Crippen molar-refractivity contribution in [2.24, 2.45) is 0 Å². The minimum atomic E-state index is -0.525. The summed E-state index contributed by atoms with van der Waals surface area (Å²) < 4.78 is 0. The Morgan fingerprint density at radius 3 is 2.90 bits per heavy atom. The van der Waals surface area contributed by atoms with Crippen molar-refractivity contribution in [2.45, 2.75) is 45.1 Å². The molecule has 1 unspecified atom stereocenters. The number of nitro benzene ring substituents is 1. The molecule has 5 nitrogen and oxygen atoms in total. The van der Waals surface area contributed by atoms with E-state index >= 15 is 0 Å². The van der Waals surface area contributed by atoms with Crippen molar-refractivity contribution in [3.8, 4) is 0 Å². The van der Waals surface area contributed by atoms with Crippen LogP contribution < -0.4 is 0 Å². The van der Waals surface area contributed by atoms with Gasteiger partial charge >= 0.3 is 0 Å². The van der Waals surface area contributed by atoms with Crippen LogP contribution >= 0.6 is 11.6 Å². The Balaban J connectivity index is 2.33. The van der Waals surface area contributed by atoms with E-state index in [1.807, 2.05) is 0 Å². The highest BCUT2D eigenvalue weighted by Gasteiger charge is 2.30. The van der Waals surface area contributed by atoms with Gasteiger partial charge in [0.05, 0.1) is 4.92 Å². The largest absolute Gasteiger partial charge is 0.335 e. The molecule has 1 fully saturated rings. The summed E-state index contributed by atoms with van der Waals surface area (Å²) in [6, 6.07) is 4.32. The van der Waals surface area contributed by atoms with Crippen LogP contribution in [0, 0.1) is 10.1 Å². The second kappa shape index (κ2) is 6.89. The Hall–Kier alpha value is -1.62. The number of carbonyl (C=O) groups is 1. The van der Waals surface area contributed by atoms with Gasteiger partial charge in [0.15, 0.2) is 0 Å². The molecule has 1 aliphatic heterocycles. The number of nitro groups is 1. The van der Waals surface area contributed by atoms with E-state index in [4.69, 9.17) is 11.6 Å². The van der Waals surface area contributed by atoms with Crippen molar-refractivity contribution >= 4 is 23.2 Å². The van der Waals surface area contributed by atoms with Crippen LogP contribution in [0.1, 0.15) is 49.4 Å². The van der Waals surface area contributed by atoms with E-state index in [0.717, 1.165) is 32.1 Å². The molecule has 0 bridgehead atoms. The van der Waals surface area contributed by atoms with Gasteiger partial charge in [0.1, 0.15) is 5.56 Å². The molecule has 2 rings (SSSR count). The fourth-order valence-electron chi connectivity index (χ4n) is 2.89. The molecule has 1 aromatic carbocycles. The predicted molar refractivity (Wildman–Crippen MR) is 81.7 cm³/mol. The molecule has 0 aliphatic carbocycles. The number of carbonyl (C=O) groups excluding carboxylic acids is 1. The molecule has 21 heavy (non-hydrogen) atoms. The minimum Gasteiger partial charge on any atom is -0.335 e. The highest BCUT2D eigenvalue weighted by Crippen LogP contribution is 2.28. The molecule has 0 spiro atoms. The van der Waals surface area contributed by atoms with Crippen LogP contribution in [0.5, 0.6) is 0 Å². The molecule has 1 amide bonds. The van der Waals surface area contributed by atoms with Crippen LogP contribution in [0.4, 0.5) is 5.69 Å². The quantitative estimate of drug-likeness (QED) is 0.622. The number of hydrogen-bond donors (Lipinski definition) is 0. The fourth-order valence-corrected chi connectivity index (χ4v) is 3.07. The van der Waals surface area contributed by atoms with E-state index in [1.165, 1.54) is 18.2 Å². The number of amides is 1. The van der Waals surface area contributed by atoms with Crippen molar-refractivity contribution in [1.82, 2.24) is 4.90 Å². The van der Waals surface area contributed by atoms with Gasteiger partial charge in [0.2, 0.25) is 0 Å². The van der Waals surface area contributed by atoms with E-state index in [2.05, 4.69) is 6.92 Å². The first-order valence-corrected chi connectivity index (χ1v) is 7.67. The summed E-state index contributed by atoms with van der Waals surface area (Å²) in [5, 5.41) is 11.5. The molecule has 114 valence electrons. The number of hydrogen-bond acceptors (Lipinski definition) is 3. The van der Waals surface area contributed by atoms with Gasteiger partial charge in [-0.25, -0.2) is 0 Å². The average Bonchev–Trinajstić information content (AvgIpc) is 2.47. The number of halogens is 1. The fraction of sp³-hybridized carbons (Fsp3) is 0.533. The van der Waals surface area contributed by atoms with Gasteiger partial charge < -0.3 is 4.90 Å². The lowest BCUT2D eigenvalue weighted by atomic mass is 9.97. The molecule has 1 heterocycles. The van der Waals surface area contributed by atoms with Crippen molar-refractivity contribution in [1.29, 1.82) is 0 Å². The van der Waals surface area contributed by atoms with Gasteiger partial charge in [-0.3, -0.25) is 14.9 Å². The normalized spacial score (nSPS) is 18.6. The SMILES string of the molecule is CCCC1CCCCN1C(=O)c1cc(Cl)ccc1[N+](=O)[O-]. The third-order valence-corrected chi connectivity index (χ3v) is 4.13. The maximum absolute atomic E-state index is 12.7. The van der Waals surface area contributed by atoms with Crippen molar-refractivity contribution < 1.29 is 9.72 Å². The van der Waals surface area contributed by atoms with E-state index in [9.17, 15) is 14.9 Å². The first-order chi connectivity index (χ1) is 10.0. The molecule has 0 saturated carbocycles. The maximum Gasteiger partial charge on any atom is 0.282 e. The smallest absolute Gasteiger partial charge is 0.282 e. The molecule has 6 heteroatoms. The molecular weight excluding hydrogens is 292 g/mol. The molecule has 0 N–H and O–H groups in total. The van der Waals surface area contributed by atoms with Crippen LogP contribution in [0.2, 0.25) is 5.02 Å². The number of likely N-dealkylation sites (tertiary alicyclic amines) is 1. The second-order valence-corrected chi connectivity index (χ2v) is 5.79. The summed E-state index contributed by atoms with van der Waals surface area (Å²) in [6.07, 6.45) is 4.94. The summed E-state index contributed by atoms with van der Waals surface area (Å²) in [7, 11) is 0. The summed E-state index contributed by atoms with van der Waals surface area (Å²) in [6.45, 7) is 2.74. The third-order valence-electron chi connectivity index (χ3n) is 3.90. The van der Waals surface area contributed by atoms with E-state index in [1.54, 1.807) is 4.90 Å². The summed E-state index contributed by atoms with van der Waals surface area (Å²) >= 11 is 5.91. The van der Waals surface area contributed by atoms with Crippen LogP contribution in [0.25, 0.3) is 0 Å². The minimum absolute atomic E-state index is 0.0931. The van der Waals surface area contributed by atoms with Crippen molar-refractivity contribution in [3.05, 3.63) is 38.9 Å². The Kier molecular flexibility index (Phi) is 5.17. The molecular formula is C15H19ClN2O3. The van der Waals surface area contributed by atoms with Gasteiger partial charge in [0.25, 0.3) is 11.6 Å². The summed E-state index contributed by atoms with van der Waals surface area (Å²) in [5.74, 6) is -0.276. The zero-order valence-corrected chi connectivity index (χ0v) is 12.8. The zero-order valence-electron chi connectivity index (χ0n) is 12.0. The lowest BCUT2D eigenvalue weighted by Gasteiger charge is -2.35. The number of piperidine rings is 1. The lowest BCUT2D eigenvalue weighted by Crippen LogP contribution is -2.43. The van der Waals surface area contributed by atoms with Crippen molar-refractivity contribution in [3.63, 3.8) is 0 Å². The van der Waals surface area contributed by atoms with Gasteiger partial charge in [0, 0.05) is 23.7 Å². The van der Waals surface area contributed by atoms with Crippen LogP contribution in [0.3, 0.4) is 0 Å². The topological polar surface area (TPSA) is 63.5 Å². The monoisotopic (exact) mass is 310 g/mol. The lowest BCUT2D eigenvalue weighted by molar-refractivity contribution is -0.385. The Morgan fingerprint density at radius 1 is 1.48 bits per heavy atom. The first kappa shape index (κ1) is 15.8. The number of nitrogens with zero attached hydrogens (tertiary/aromatic N) is 2. The molecule has 0 radical (unpaired) electrons. The number of rotatable bonds is 4. The Bertz CT molecular complexity index is 546. The maximum atomic E-state index is 12.7. The summed E-state index contributed by atoms with van der Waals surface area (Å²) in [5.41, 5.74) is -0.0827. The van der Waals surface area contributed by atoms with E-state index in [-0.39, 0.29) is 23.2 Å². The van der Waals surface area contributed by atoms with Crippen LogP contribution in [-0.2, 0) is 0 Å². The van der Waals surface area contributed by atoms with Gasteiger partial charge in [-0.05, 0) is 37.8 Å². The van der Waals surface area contributed by atoms with Gasteiger partial charge in [-0.2, -0.15) is 0 Å². The molecule has 1 aromatic rings. The Labute approximate surface area is 129 Å². The van der Waals surface area contributed by atoms with Crippen LogP contribution in [-0.4, -0.2) is 28.3 Å². The van der Waals surface area contributed by atoms with Crippen LogP contribution in [0.15, 0.2) is 18.2 Å². The standard InChI is InChI=1S/C15H19ClN2O3/c1-2-5-12-6-3-4-9-17(12)15(19)13-10-11(16)7-8-14(13)18(20)21/h7-8,10,12H,2-6,9H2,1H3. The molecule has 1 aliphatic rings. The third kappa shape index (κ3) is 3.53. The molecule has 1 saturated heterocycles. The van der Waals surface area contributed by atoms with Gasteiger partial charge in [-0.1, -0.05) is 24.9 Å². The van der Waals surface area contributed by atoms with Gasteiger partial charge in [-0.15, -0.1) is 0 Å². The highest BCUT2D eigenvalue weighted by atomic mass is 35.5. The average molecular weight is 311 g/mol. The summed E-state index contributed by atoms with van der Waals surface area (Å²) in [4.78, 5) is 25.1. The number of benzene rings is 1. The predicted octanol–water partition coefficient (Wildman–Crippen LogP) is 4.04. The van der Waals surface area contributed by atoms with E-state index in [0.29, 0.717) is 11.6 Å². The highest BCUT2D eigenvalue weighted by molar-refractivity contribution is 6.31. The second-order valence-electron chi connectivity index (χ2n) is 5.36. The zero-order chi connectivity index (χ0) is 15.4. The molecule has 1 atom stereocenters. The molecule has 0 aromatic heterocycles. The first-order valence-electron chi connectivity index (χ1n) is 7.29. The van der Waals surface area contributed by atoms with E-state index < -0.39 is 4.92 Å².